The van der Waals surface area contributed by atoms with Crippen LogP contribution in [0.1, 0.15) is 0 Å². The molecular formula is C6H16O18P4. The summed E-state index contributed by atoms with van der Waals surface area (Å²) in [6.45, 7) is 0. The Kier molecular flexibility index (Phi) is 6.06. The highest BCUT2D eigenvalue weighted by atomic mass is 31.2. The summed E-state index contributed by atoms with van der Waals surface area (Å²) in [5.41, 5.74) is 0. The van der Waals surface area contributed by atoms with Gasteiger partial charge in [-0.1, -0.05) is 0 Å². The van der Waals surface area contributed by atoms with Gasteiger partial charge >= 0.3 is 30.4 Å². The van der Waals surface area contributed by atoms with E-state index < -0.39 is 64.0 Å². The molecule has 0 saturated heterocycles. The van der Waals surface area contributed by atoms with Gasteiger partial charge in [-0.2, -0.15) is 0 Å². The van der Waals surface area contributed by atoms with Crippen molar-refractivity contribution in [2.75, 3.05) is 0 Å². The van der Waals surface area contributed by atoms with Crippen LogP contribution in [0.5, 0.6) is 0 Å². The minimum Gasteiger partial charge on any atom is -0.385 e. The van der Waals surface area contributed by atoms with Crippen molar-refractivity contribution in [3.63, 3.8) is 0 Å². The molecule has 0 heterocycles. The van der Waals surface area contributed by atoms with E-state index in [1.54, 1.807) is 0 Å². The fraction of sp³-hybridized carbons (Fsp3) is 1.00. The minimum absolute atomic E-state index is 4.30. The second-order valence-corrected chi connectivity index (χ2v) is 13.0. The van der Waals surface area contributed by atoms with Crippen molar-refractivity contribution >= 4 is 30.4 Å². The number of aliphatic hydroxyl groups excluding tert-OH is 2. The number of aliphatic hydroxyl groups is 6. The third-order valence-electron chi connectivity index (χ3n) is 4.37. The van der Waals surface area contributed by atoms with Crippen LogP contribution in [-0.2, 0) is 18.3 Å². The van der Waals surface area contributed by atoms with Gasteiger partial charge in [-0.05, 0) is 0 Å². The quantitative estimate of drug-likeness (QED) is 0.160. The maximum absolute atomic E-state index is 11.7. The molecule has 1 rings (SSSR count). The highest BCUT2D eigenvalue weighted by Crippen LogP contribution is 2.81. The monoisotopic (exact) mass is 500 g/mol. The van der Waals surface area contributed by atoms with E-state index in [1.165, 1.54) is 0 Å². The third kappa shape index (κ3) is 2.76. The third-order valence-corrected chi connectivity index (χ3v) is 10.6. The average molecular weight is 500 g/mol. The Morgan fingerprint density at radius 1 is 0.500 bits per heavy atom. The zero-order valence-corrected chi connectivity index (χ0v) is 16.4. The molecule has 168 valence electrons. The summed E-state index contributed by atoms with van der Waals surface area (Å²) in [7, 11) is -27.8. The summed E-state index contributed by atoms with van der Waals surface area (Å²) in [6, 6.07) is 0. The molecule has 2 unspecified atom stereocenters. The molecule has 0 amide bonds. The van der Waals surface area contributed by atoms with Gasteiger partial charge < -0.3 is 69.8 Å². The highest BCUT2D eigenvalue weighted by molar-refractivity contribution is 7.61. The Labute approximate surface area is 153 Å². The van der Waals surface area contributed by atoms with Crippen molar-refractivity contribution in [2.24, 2.45) is 0 Å². The zero-order chi connectivity index (χ0) is 23.2. The van der Waals surface area contributed by atoms with Crippen LogP contribution in [0.4, 0.5) is 0 Å². The van der Waals surface area contributed by atoms with Crippen molar-refractivity contribution in [2.45, 2.75) is 33.6 Å². The Morgan fingerprint density at radius 2 is 0.750 bits per heavy atom. The molecule has 0 aromatic carbocycles. The number of rotatable bonds is 4. The van der Waals surface area contributed by atoms with Gasteiger partial charge in [0.1, 0.15) is 12.2 Å². The summed E-state index contributed by atoms with van der Waals surface area (Å²) in [4.78, 5) is 73.8. The molecular weight excluding hydrogens is 484 g/mol. The van der Waals surface area contributed by atoms with Crippen LogP contribution in [-0.4, -0.2) is 103 Å². The van der Waals surface area contributed by atoms with Crippen LogP contribution in [0.2, 0.25) is 0 Å². The molecule has 1 fully saturated rings. The topological polar surface area (TPSA) is 352 Å². The molecule has 28 heavy (non-hydrogen) atoms. The van der Waals surface area contributed by atoms with Gasteiger partial charge in [0, 0.05) is 0 Å². The first-order chi connectivity index (χ1) is 11.8. The van der Waals surface area contributed by atoms with Crippen molar-refractivity contribution in [3.05, 3.63) is 0 Å². The van der Waals surface area contributed by atoms with E-state index in [9.17, 15) is 78.3 Å². The Bertz CT molecular complexity index is 800. The Balaban J connectivity index is 4.45. The van der Waals surface area contributed by atoms with E-state index in [0.29, 0.717) is 0 Å². The number of hydrogen-bond acceptors (Lipinski definition) is 10. The molecule has 0 bridgehead atoms. The molecule has 0 radical (unpaired) electrons. The predicted molar refractivity (Wildman–Crippen MR) is 80.0 cm³/mol. The van der Waals surface area contributed by atoms with Crippen LogP contribution in [0.25, 0.3) is 0 Å². The molecule has 1 aliphatic carbocycles. The van der Waals surface area contributed by atoms with Crippen molar-refractivity contribution in [3.8, 4) is 0 Å². The lowest BCUT2D eigenvalue weighted by atomic mass is 9.82. The van der Waals surface area contributed by atoms with Gasteiger partial charge in [0.2, 0.25) is 16.0 Å². The molecule has 0 aromatic heterocycles. The molecule has 0 aliphatic heterocycles. The van der Waals surface area contributed by atoms with E-state index in [4.69, 9.17) is 9.79 Å². The maximum Gasteiger partial charge on any atom is 0.364 e. The largest absolute Gasteiger partial charge is 0.385 e. The first-order valence-corrected chi connectivity index (χ1v) is 12.7. The lowest BCUT2D eigenvalue weighted by molar-refractivity contribution is -0.298. The summed E-state index contributed by atoms with van der Waals surface area (Å²) < 4.78 is 46.6. The lowest BCUT2D eigenvalue weighted by Gasteiger charge is -2.61. The van der Waals surface area contributed by atoms with E-state index in [1.807, 2.05) is 0 Å². The Morgan fingerprint density at radius 3 is 0.893 bits per heavy atom. The standard InChI is InChI=1S/C6H16O18P4/c7-1-3(9,25(13,14)15)2(8)5(11,27(19,20)21)6(12,28(22,23)24)4(1,10)26(16,17)18/h1-2,7-12H,(H2,13,14,15)(H2,16,17,18)(H2,19,20,21)(H2,22,23,24)/t1-,2-,3?,4-,5+,6?/m0/s1. The first kappa shape index (κ1) is 26.4. The summed E-state index contributed by atoms with van der Waals surface area (Å²) in [5.74, 6) is 0. The van der Waals surface area contributed by atoms with Gasteiger partial charge in [-0.15, -0.1) is 0 Å². The predicted octanol–water partition coefficient (Wildman–Crippen LogP) is -5.81. The summed E-state index contributed by atoms with van der Waals surface area (Å²) >= 11 is 0. The zero-order valence-electron chi connectivity index (χ0n) is 12.8. The molecule has 18 nitrogen and oxygen atoms in total. The van der Waals surface area contributed by atoms with Crippen LogP contribution in [0, 0.1) is 0 Å². The van der Waals surface area contributed by atoms with Crippen LogP contribution in [0.15, 0.2) is 0 Å². The second-order valence-electron chi connectivity index (χ2n) is 5.89. The molecule has 0 aromatic rings. The molecule has 6 atom stereocenters. The SMILES string of the molecule is O=P(O)(O)C1(O)[C@H](O)[C@](O)(P(=O)(O)O)C(O)(P(=O)(O)O)[C@](O)(P(=O)(O)O)[C@H]1O. The van der Waals surface area contributed by atoms with Crippen molar-refractivity contribution in [1.82, 2.24) is 0 Å². The first-order valence-electron chi connectivity index (χ1n) is 6.29. The van der Waals surface area contributed by atoms with Gasteiger partial charge in [-0.25, -0.2) is 0 Å². The van der Waals surface area contributed by atoms with Gasteiger partial charge in [-0.3, -0.25) is 18.3 Å². The summed E-state index contributed by atoms with van der Waals surface area (Å²) in [6.07, 6.45) is -8.61. The van der Waals surface area contributed by atoms with E-state index in [2.05, 4.69) is 0 Å². The lowest BCUT2D eigenvalue weighted by Crippen LogP contribution is -2.85. The van der Waals surface area contributed by atoms with E-state index in [0.717, 1.165) is 0 Å². The average Bonchev–Trinajstić information content (AvgIpc) is 2.44. The summed E-state index contributed by atoms with van der Waals surface area (Å²) in [5, 5.41) is 38.9. The molecule has 0 spiro atoms. The fourth-order valence-corrected chi connectivity index (χ4v) is 9.02. The van der Waals surface area contributed by atoms with Gasteiger partial charge in [0.15, 0.2) is 0 Å². The second kappa shape index (κ2) is 6.43. The molecule has 1 aliphatic rings. The van der Waals surface area contributed by atoms with Crippen molar-refractivity contribution < 1.29 is 88.0 Å². The van der Waals surface area contributed by atoms with Gasteiger partial charge in [0.25, 0.3) is 5.34 Å². The van der Waals surface area contributed by atoms with Crippen molar-refractivity contribution in [1.29, 1.82) is 0 Å². The number of hydrogen-bond donors (Lipinski definition) is 14. The molecule has 14 N–H and O–H groups in total. The van der Waals surface area contributed by atoms with Crippen LogP contribution < -0.4 is 0 Å². The molecule has 22 heteroatoms. The smallest absolute Gasteiger partial charge is 0.364 e. The van der Waals surface area contributed by atoms with Gasteiger partial charge in [0.05, 0.1) is 0 Å². The maximum atomic E-state index is 11.7. The highest BCUT2D eigenvalue weighted by Gasteiger charge is 2.94. The van der Waals surface area contributed by atoms with Crippen LogP contribution in [0.3, 0.4) is 0 Å². The van der Waals surface area contributed by atoms with E-state index in [-0.39, 0.29) is 0 Å². The fourth-order valence-electron chi connectivity index (χ4n) is 2.87. The molecule has 1 saturated carbocycles. The minimum atomic E-state index is -7.09. The normalized spacial score (nSPS) is 43.8. The Hall–Kier alpha value is 0.360. The van der Waals surface area contributed by atoms with Crippen LogP contribution >= 0.6 is 30.4 Å². The van der Waals surface area contributed by atoms with E-state index >= 15 is 0 Å².